The molecule has 9 heteroatoms. The second kappa shape index (κ2) is 8.43. The molecule has 8 nitrogen and oxygen atoms in total. The SMILES string of the molecule is C=C/C(Br)=C(\C)C[C@H]1C[C@H]2[C@H](N(C)C)C(O)=C(C(N)=O)C(=O)[C@@]2(O)C(O)=C1CO. The third kappa shape index (κ3) is 3.68. The number of hydrogen-bond acceptors (Lipinski definition) is 7. The number of halogens is 1. The van der Waals surface area contributed by atoms with Crippen molar-refractivity contribution in [3.8, 4) is 0 Å². The minimum absolute atomic E-state index is 0.114. The average Bonchev–Trinajstić information content (AvgIpc) is 2.63. The molecule has 0 unspecified atom stereocenters. The third-order valence-electron chi connectivity index (χ3n) is 5.84. The number of allylic oxidation sites excluding steroid dienone is 3. The standard InChI is InChI=1S/C20H27BrN2O6/c1-5-13(21)9(2)6-10-7-12-15(23(3)4)16(25)14(19(22)28)18(27)20(12,29)17(26)11(10)8-24/h5,10,12,15,24-26,29H,1,6-8H2,2-4H3,(H2,22,28)/b13-9-/t10-,12-,15-,20-/m0/s1. The molecule has 0 fully saturated rings. The number of carbonyl (C=O) groups is 2. The van der Waals surface area contributed by atoms with E-state index in [-0.39, 0.29) is 12.0 Å². The molecule has 160 valence electrons. The van der Waals surface area contributed by atoms with Gasteiger partial charge in [0, 0.05) is 10.4 Å². The first-order chi connectivity index (χ1) is 13.4. The van der Waals surface area contributed by atoms with Gasteiger partial charge in [0.2, 0.25) is 5.78 Å². The van der Waals surface area contributed by atoms with E-state index in [0.29, 0.717) is 6.42 Å². The Labute approximate surface area is 177 Å². The van der Waals surface area contributed by atoms with Crippen LogP contribution < -0.4 is 5.73 Å². The predicted molar refractivity (Wildman–Crippen MR) is 111 cm³/mol. The van der Waals surface area contributed by atoms with Crippen LogP contribution in [-0.2, 0) is 9.59 Å². The van der Waals surface area contributed by atoms with Crippen molar-refractivity contribution in [2.75, 3.05) is 20.7 Å². The number of nitrogens with zero attached hydrogens (tertiary/aromatic N) is 1. The molecule has 6 N–H and O–H groups in total. The Morgan fingerprint density at radius 2 is 2.00 bits per heavy atom. The van der Waals surface area contributed by atoms with Crippen LogP contribution in [-0.4, -0.2) is 69.4 Å². The molecule has 2 aliphatic carbocycles. The van der Waals surface area contributed by atoms with Gasteiger partial charge < -0.3 is 26.2 Å². The van der Waals surface area contributed by atoms with Crippen LogP contribution in [0.4, 0.5) is 0 Å². The molecule has 0 bridgehead atoms. The fourth-order valence-electron chi connectivity index (χ4n) is 4.41. The first-order valence-electron chi connectivity index (χ1n) is 9.10. The number of nitrogens with two attached hydrogens (primary N) is 1. The van der Waals surface area contributed by atoms with Gasteiger partial charge in [0.05, 0.1) is 12.6 Å². The molecule has 0 aromatic heterocycles. The minimum atomic E-state index is -2.46. The van der Waals surface area contributed by atoms with Crippen LogP contribution in [0.1, 0.15) is 19.8 Å². The summed E-state index contributed by atoms with van der Waals surface area (Å²) in [5.41, 5.74) is 3.08. The summed E-state index contributed by atoms with van der Waals surface area (Å²) in [6, 6.07) is -0.933. The van der Waals surface area contributed by atoms with Gasteiger partial charge in [-0.05, 0) is 45.4 Å². The summed E-state index contributed by atoms with van der Waals surface area (Å²) in [4.78, 5) is 26.3. The summed E-state index contributed by atoms with van der Waals surface area (Å²) >= 11 is 3.39. The maximum absolute atomic E-state index is 13.0. The van der Waals surface area contributed by atoms with Crippen molar-refractivity contribution in [2.24, 2.45) is 17.6 Å². The Kier molecular flexibility index (Phi) is 6.79. The molecule has 0 heterocycles. The van der Waals surface area contributed by atoms with Gasteiger partial charge in [-0.3, -0.25) is 14.5 Å². The summed E-state index contributed by atoms with van der Waals surface area (Å²) in [5.74, 6) is -4.93. The van der Waals surface area contributed by atoms with Crippen LogP contribution >= 0.6 is 15.9 Å². The van der Waals surface area contributed by atoms with Gasteiger partial charge in [-0.2, -0.15) is 0 Å². The number of ketones is 1. The summed E-state index contributed by atoms with van der Waals surface area (Å²) in [5, 5.41) is 42.7. The number of fused-ring (bicyclic) bond motifs is 1. The smallest absolute Gasteiger partial charge is 0.255 e. The maximum Gasteiger partial charge on any atom is 0.255 e. The Morgan fingerprint density at radius 3 is 2.45 bits per heavy atom. The van der Waals surface area contributed by atoms with Crippen molar-refractivity contribution < 1.29 is 30.0 Å². The molecule has 2 rings (SSSR count). The van der Waals surface area contributed by atoms with Crippen molar-refractivity contribution in [1.29, 1.82) is 0 Å². The highest BCUT2D eigenvalue weighted by molar-refractivity contribution is 9.11. The normalized spacial score (nSPS) is 31.0. The Morgan fingerprint density at radius 1 is 1.41 bits per heavy atom. The van der Waals surface area contributed by atoms with E-state index in [1.807, 2.05) is 6.92 Å². The Balaban J connectivity index is 2.71. The summed E-state index contributed by atoms with van der Waals surface area (Å²) < 4.78 is 0.762. The first kappa shape index (κ1) is 23.3. The number of likely N-dealkylation sites (N-methyl/N-ethyl adjacent to an activating group) is 1. The van der Waals surface area contributed by atoms with E-state index in [1.54, 1.807) is 25.1 Å². The lowest BCUT2D eigenvalue weighted by Crippen LogP contribution is -2.63. The lowest BCUT2D eigenvalue weighted by atomic mass is 9.61. The average molecular weight is 471 g/mol. The molecule has 2 aliphatic rings. The zero-order chi connectivity index (χ0) is 22.3. The summed E-state index contributed by atoms with van der Waals surface area (Å²) in [7, 11) is 3.24. The molecular weight excluding hydrogens is 444 g/mol. The van der Waals surface area contributed by atoms with Crippen molar-refractivity contribution >= 4 is 27.6 Å². The molecule has 0 aromatic carbocycles. The maximum atomic E-state index is 13.0. The van der Waals surface area contributed by atoms with Gasteiger partial charge >= 0.3 is 0 Å². The van der Waals surface area contributed by atoms with Crippen LogP contribution in [0.3, 0.4) is 0 Å². The molecule has 0 aromatic rings. The van der Waals surface area contributed by atoms with E-state index < -0.39 is 58.9 Å². The van der Waals surface area contributed by atoms with E-state index in [1.165, 1.54) is 0 Å². The van der Waals surface area contributed by atoms with Gasteiger partial charge in [0.15, 0.2) is 5.60 Å². The van der Waals surface area contributed by atoms with Crippen LogP contribution in [0.15, 0.2) is 45.4 Å². The van der Waals surface area contributed by atoms with Crippen molar-refractivity contribution in [2.45, 2.75) is 31.4 Å². The highest BCUT2D eigenvalue weighted by Gasteiger charge is 2.61. The second-order valence-corrected chi connectivity index (χ2v) is 8.59. The zero-order valence-electron chi connectivity index (χ0n) is 16.6. The largest absolute Gasteiger partial charge is 0.510 e. The number of amides is 1. The highest BCUT2D eigenvalue weighted by Crippen LogP contribution is 2.50. The Hall–Kier alpha value is -1.94. The molecule has 29 heavy (non-hydrogen) atoms. The molecule has 0 saturated heterocycles. The number of aliphatic hydroxyl groups excluding tert-OH is 3. The quantitative estimate of drug-likeness (QED) is 0.289. The minimum Gasteiger partial charge on any atom is -0.510 e. The van der Waals surface area contributed by atoms with Crippen LogP contribution in [0.2, 0.25) is 0 Å². The van der Waals surface area contributed by atoms with Gasteiger partial charge in [-0.25, -0.2) is 0 Å². The van der Waals surface area contributed by atoms with Crippen molar-refractivity contribution in [3.05, 3.63) is 45.4 Å². The third-order valence-corrected chi connectivity index (χ3v) is 6.84. The van der Waals surface area contributed by atoms with Gasteiger partial charge in [0.25, 0.3) is 5.91 Å². The number of carbonyl (C=O) groups excluding carboxylic acids is 2. The topological polar surface area (TPSA) is 144 Å². The molecule has 4 atom stereocenters. The fraction of sp³-hybridized carbons (Fsp3) is 0.500. The van der Waals surface area contributed by atoms with Crippen molar-refractivity contribution in [3.63, 3.8) is 0 Å². The number of primary amides is 1. The van der Waals surface area contributed by atoms with Gasteiger partial charge in [-0.15, -0.1) is 0 Å². The van der Waals surface area contributed by atoms with Gasteiger partial charge in [0.1, 0.15) is 17.1 Å². The number of rotatable bonds is 6. The van der Waals surface area contributed by atoms with E-state index in [9.17, 15) is 30.0 Å². The van der Waals surface area contributed by atoms with Crippen LogP contribution in [0, 0.1) is 11.8 Å². The molecule has 0 saturated carbocycles. The van der Waals surface area contributed by atoms with Crippen LogP contribution in [0.5, 0.6) is 0 Å². The van der Waals surface area contributed by atoms with E-state index >= 15 is 0 Å². The lowest BCUT2D eigenvalue weighted by molar-refractivity contribution is -0.148. The van der Waals surface area contributed by atoms with E-state index in [0.717, 1.165) is 10.1 Å². The first-order valence-corrected chi connectivity index (χ1v) is 9.90. The number of aliphatic hydroxyl groups is 4. The zero-order valence-corrected chi connectivity index (χ0v) is 18.2. The highest BCUT2D eigenvalue weighted by atomic mass is 79.9. The van der Waals surface area contributed by atoms with Crippen molar-refractivity contribution in [1.82, 2.24) is 4.90 Å². The molecule has 0 radical (unpaired) electrons. The number of hydrogen-bond donors (Lipinski definition) is 5. The van der Waals surface area contributed by atoms with E-state index in [4.69, 9.17) is 5.73 Å². The number of Topliss-reactive ketones (excluding diaryl/α,β-unsaturated/α-hetero) is 1. The molecule has 1 amide bonds. The molecule has 0 spiro atoms. The van der Waals surface area contributed by atoms with E-state index in [2.05, 4.69) is 22.5 Å². The summed E-state index contributed by atoms with van der Waals surface area (Å²) in [6.45, 7) is 4.98. The monoisotopic (exact) mass is 470 g/mol. The lowest BCUT2D eigenvalue weighted by Gasteiger charge is -2.49. The second-order valence-electron chi connectivity index (χ2n) is 7.74. The predicted octanol–water partition coefficient (Wildman–Crippen LogP) is 1.21. The van der Waals surface area contributed by atoms with Crippen LogP contribution in [0.25, 0.3) is 0 Å². The fourth-order valence-corrected chi connectivity index (χ4v) is 4.57. The summed E-state index contributed by atoms with van der Waals surface area (Å²) in [6.07, 6.45) is 2.22. The van der Waals surface area contributed by atoms with Gasteiger partial charge in [-0.1, -0.05) is 34.2 Å². The molecule has 0 aliphatic heterocycles. The Bertz CT molecular complexity index is 844. The molecular formula is C20H27BrN2O6.